The fraction of sp³-hybridized carbons (Fsp3) is 0.778. The largest absolute Gasteiger partial charge is 1.00 e. The molecule has 0 bridgehead atoms. The lowest BCUT2D eigenvalue weighted by molar-refractivity contribution is -0.931. The number of hydrogen-bond donors (Lipinski definition) is 0. The van der Waals surface area contributed by atoms with Crippen LogP contribution in [0, 0.1) is 17.8 Å². The minimum absolute atomic E-state index is 0. The molecule has 1 fully saturated rings. The summed E-state index contributed by atoms with van der Waals surface area (Å²) in [4.78, 5) is 0. The first-order valence-corrected chi connectivity index (χ1v) is 8.19. The van der Waals surface area contributed by atoms with Gasteiger partial charge in [-0.3, -0.25) is 0 Å². The van der Waals surface area contributed by atoms with Gasteiger partial charge in [-0.2, -0.15) is 0 Å². The van der Waals surface area contributed by atoms with Crippen molar-refractivity contribution in [1.29, 1.82) is 0 Å². The summed E-state index contributed by atoms with van der Waals surface area (Å²) in [6.45, 7) is 16.5. The molecule has 0 aromatic rings. The van der Waals surface area contributed by atoms with Crippen LogP contribution in [-0.4, -0.2) is 30.7 Å². The maximum atomic E-state index is 4.02. The van der Waals surface area contributed by atoms with Crippen molar-refractivity contribution in [2.45, 2.75) is 46.5 Å². The summed E-state index contributed by atoms with van der Waals surface area (Å²) < 4.78 is 1.32. The van der Waals surface area contributed by atoms with Crippen LogP contribution in [0.2, 0.25) is 0 Å². The average Bonchev–Trinajstić information content (AvgIpc) is 2.35. The van der Waals surface area contributed by atoms with Gasteiger partial charge in [0.2, 0.25) is 0 Å². The molecule has 0 amide bonds. The van der Waals surface area contributed by atoms with Gasteiger partial charge in [0.15, 0.2) is 0 Å². The summed E-state index contributed by atoms with van der Waals surface area (Å²) in [5.41, 5.74) is 1.60. The van der Waals surface area contributed by atoms with Crippen LogP contribution in [0.4, 0.5) is 0 Å². The molecule has 116 valence electrons. The second kappa shape index (κ2) is 7.79. The number of allylic oxidation sites excluding steroid dienone is 2. The normalized spacial score (nSPS) is 33.0. The summed E-state index contributed by atoms with van der Waals surface area (Å²) in [5.74, 6) is 2.47. The van der Waals surface area contributed by atoms with Crippen LogP contribution in [0.1, 0.15) is 46.5 Å². The molecule has 1 aliphatic heterocycles. The lowest BCUT2D eigenvalue weighted by atomic mass is 9.74. The third kappa shape index (κ3) is 4.21. The van der Waals surface area contributed by atoms with E-state index in [1.807, 2.05) is 0 Å². The molecule has 0 aromatic heterocycles. The third-order valence-corrected chi connectivity index (χ3v) is 5.48. The second-order valence-electron chi connectivity index (χ2n) is 7.22. The number of likely N-dealkylation sites (tertiary alicyclic amines) is 1. The van der Waals surface area contributed by atoms with Gasteiger partial charge >= 0.3 is 0 Å². The number of piperidine rings is 1. The molecular weight excluding hydrogens is 310 g/mol. The van der Waals surface area contributed by atoms with Crippen molar-refractivity contribution in [2.24, 2.45) is 17.8 Å². The molecule has 3 unspecified atom stereocenters. The van der Waals surface area contributed by atoms with E-state index in [0.29, 0.717) is 0 Å². The van der Waals surface area contributed by atoms with Gasteiger partial charge < -0.3 is 21.5 Å². The Morgan fingerprint density at radius 1 is 1.25 bits per heavy atom. The topological polar surface area (TPSA) is 0 Å². The van der Waals surface area contributed by atoms with E-state index >= 15 is 0 Å². The van der Waals surface area contributed by atoms with Crippen LogP contribution in [0.25, 0.3) is 0 Å². The van der Waals surface area contributed by atoms with Crippen LogP contribution in [0.5, 0.6) is 0 Å². The van der Waals surface area contributed by atoms with Crippen molar-refractivity contribution < 1.29 is 21.5 Å². The Bertz CT molecular complexity index is 341. The first-order chi connectivity index (χ1) is 9.06. The molecule has 2 rings (SSSR count). The zero-order valence-electron chi connectivity index (χ0n) is 13.6. The molecule has 0 saturated carbocycles. The highest BCUT2D eigenvalue weighted by atomic mass is 79.9. The highest BCUT2D eigenvalue weighted by molar-refractivity contribution is 5.08. The van der Waals surface area contributed by atoms with Gasteiger partial charge in [0.25, 0.3) is 0 Å². The highest BCUT2D eigenvalue weighted by Crippen LogP contribution is 2.36. The van der Waals surface area contributed by atoms with E-state index in [1.54, 1.807) is 5.57 Å². The molecule has 1 aliphatic carbocycles. The van der Waals surface area contributed by atoms with E-state index in [1.165, 1.54) is 56.3 Å². The monoisotopic (exact) mass is 341 g/mol. The maximum absolute atomic E-state index is 4.02. The predicted octanol–water partition coefficient (Wildman–Crippen LogP) is 1.42. The molecule has 0 aromatic carbocycles. The Kier molecular flexibility index (Phi) is 7.00. The van der Waals surface area contributed by atoms with Crippen LogP contribution in [-0.2, 0) is 0 Å². The average molecular weight is 342 g/mol. The van der Waals surface area contributed by atoms with Gasteiger partial charge in [0.05, 0.1) is 26.2 Å². The third-order valence-electron chi connectivity index (χ3n) is 5.48. The fourth-order valence-corrected chi connectivity index (χ4v) is 4.51. The summed E-state index contributed by atoms with van der Waals surface area (Å²) >= 11 is 0. The van der Waals surface area contributed by atoms with Crippen molar-refractivity contribution in [2.75, 3.05) is 26.2 Å². The van der Waals surface area contributed by atoms with Crippen molar-refractivity contribution in [3.05, 3.63) is 24.3 Å². The second-order valence-corrected chi connectivity index (χ2v) is 7.22. The smallest absolute Gasteiger partial charge is 0.0971 e. The number of rotatable bonds is 4. The first-order valence-electron chi connectivity index (χ1n) is 8.19. The van der Waals surface area contributed by atoms with E-state index in [-0.39, 0.29) is 17.0 Å². The van der Waals surface area contributed by atoms with Crippen molar-refractivity contribution in [1.82, 2.24) is 0 Å². The predicted molar refractivity (Wildman–Crippen MR) is 84.0 cm³/mol. The Labute approximate surface area is 136 Å². The molecule has 0 radical (unpaired) electrons. The summed E-state index contributed by atoms with van der Waals surface area (Å²) in [5, 5.41) is 0. The van der Waals surface area contributed by atoms with E-state index in [4.69, 9.17) is 0 Å². The Morgan fingerprint density at radius 2 is 1.90 bits per heavy atom. The summed E-state index contributed by atoms with van der Waals surface area (Å²) in [7, 11) is 0. The van der Waals surface area contributed by atoms with Gasteiger partial charge in [0, 0.05) is 5.92 Å². The van der Waals surface area contributed by atoms with Crippen LogP contribution in [0.3, 0.4) is 0 Å². The zero-order valence-corrected chi connectivity index (χ0v) is 15.2. The molecule has 1 nitrogen and oxygen atoms in total. The van der Waals surface area contributed by atoms with Gasteiger partial charge in [-0.05, 0) is 50.5 Å². The number of hydrogen-bond acceptors (Lipinski definition) is 0. The van der Waals surface area contributed by atoms with E-state index in [2.05, 4.69) is 39.5 Å². The van der Waals surface area contributed by atoms with Crippen LogP contribution >= 0.6 is 0 Å². The Balaban J connectivity index is 0.00000200. The molecule has 0 N–H and O–H groups in total. The maximum Gasteiger partial charge on any atom is 0.0971 e. The standard InChI is InChI=1S/C18H32N.BrH/c1-5-9-19(10-7-6-8-11-19)14-18-16(3)12-15(2)13-17(18)4;/h5,12,16-18H,1,6-11,13-14H2,2-4H3;1H/q+1;/p-1. The number of halogens is 1. The lowest BCUT2D eigenvalue weighted by Crippen LogP contribution is -3.00. The minimum atomic E-state index is 0. The van der Waals surface area contributed by atoms with Crippen molar-refractivity contribution in [3.8, 4) is 0 Å². The molecule has 2 heteroatoms. The van der Waals surface area contributed by atoms with Gasteiger partial charge in [-0.1, -0.05) is 32.1 Å². The Morgan fingerprint density at radius 3 is 2.45 bits per heavy atom. The molecule has 1 saturated heterocycles. The number of nitrogens with zero attached hydrogens (tertiary/aromatic N) is 1. The molecule has 20 heavy (non-hydrogen) atoms. The lowest BCUT2D eigenvalue weighted by Gasteiger charge is -2.46. The van der Waals surface area contributed by atoms with Crippen molar-refractivity contribution >= 4 is 0 Å². The molecular formula is C18H32BrN. The first kappa shape index (κ1) is 18.0. The summed E-state index contributed by atoms with van der Waals surface area (Å²) in [6, 6.07) is 0. The molecule has 0 spiro atoms. The Hall–Kier alpha value is -0.0800. The minimum Gasteiger partial charge on any atom is -1.00 e. The van der Waals surface area contributed by atoms with Crippen LogP contribution < -0.4 is 17.0 Å². The SMILES string of the molecule is C=CC[N+]1(CC2C(C)C=C(C)CC2C)CCCCC1.[Br-]. The van der Waals surface area contributed by atoms with E-state index < -0.39 is 0 Å². The van der Waals surface area contributed by atoms with Crippen molar-refractivity contribution in [3.63, 3.8) is 0 Å². The summed E-state index contributed by atoms with van der Waals surface area (Å²) in [6.07, 6.45) is 10.3. The fourth-order valence-electron chi connectivity index (χ4n) is 4.51. The quantitative estimate of drug-likeness (QED) is 0.535. The van der Waals surface area contributed by atoms with Gasteiger partial charge in [-0.25, -0.2) is 0 Å². The van der Waals surface area contributed by atoms with Gasteiger partial charge in [0.1, 0.15) is 0 Å². The van der Waals surface area contributed by atoms with E-state index in [0.717, 1.165) is 17.8 Å². The molecule has 2 aliphatic rings. The number of quaternary nitrogens is 1. The van der Waals surface area contributed by atoms with Crippen LogP contribution in [0.15, 0.2) is 24.3 Å². The highest BCUT2D eigenvalue weighted by Gasteiger charge is 2.37. The van der Waals surface area contributed by atoms with Gasteiger partial charge in [-0.15, -0.1) is 0 Å². The molecule has 1 heterocycles. The van der Waals surface area contributed by atoms with E-state index in [9.17, 15) is 0 Å². The molecule has 3 atom stereocenters. The zero-order chi connectivity index (χ0) is 13.9.